The lowest BCUT2D eigenvalue weighted by Gasteiger charge is -2.43. The van der Waals surface area contributed by atoms with Crippen molar-refractivity contribution in [1.82, 2.24) is 10.2 Å². The number of ether oxygens (including phenoxy) is 1. The molecular formula is C20H28N2O4S. The van der Waals surface area contributed by atoms with Crippen LogP contribution >= 0.6 is 11.8 Å². The first-order chi connectivity index (χ1) is 12.9. The van der Waals surface area contributed by atoms with E-state index in [-0.39, 0.29) is 24.5 Å². The lowest BCUT2D eigenvalue weighted by atomic mass is 9.85. The second kappa shape index (κ2) is 8.97. The molecule has 1 atom stereocenters. The topological polar surface area (TPSA) is 78.9 Å². The van der Waals surface area contributed by atoms with Gasteiger partial charge in [-0.05, 0) is 69.0 Å². The summed E-state index contributed by atoms with van der Waals surface area (Å²) in [6.45, 7) is 2.70. The zero-order chi connectivity index (χ0) is 19.4. The van der Waals surface area contributed by atoms with Gasteiger partial charge >= 0.3 is 5.97 Å². The molecule has 7 heteroatoms. The van der Waals surface area contributed by atoms with Crippen molar-refractivity contribution in [3.63, 3.8) is 0 Å². The van der Waals surface area contributed by atoms with Crippen molar-refractivity contribution in [3.05, 3.63) is 24.3 Å². The third kappa shape index (κ3) is 5.87. The van der Waals surface area contributed by atoms with Gasteiger partial charge in [0.25, 0.3) is 5.91 Å². The molecule has 1 aromatic carbocycles. The van der Waals surface area contributed by atoms with E-state index in [2.05, 4.69) is 10.2 Å². The fraction of sp³-hybridized carbons (Fsp3) is 0.600. The lowest BCUT2D eigenvalue weighted by Crippen LogP contribution is -2.56. The molecule has 2 fully saturated rings. The second-order valence-electron chi connectivity index (χ2n) is 7.53. The molecular weight excluding hydrogens is 364 g/mol. The van der Waals surface area contributed by atoms with Crippen LogP contribution in [0.1, 0.15) is 32.6 Å². The number of carbonyl (C=O) groups excluding carboxylic acids is 1. The first-order valence-corrected chi connectivity index (χ1v) is 10.7. The number of carbonyl (C=O) groups is 2. The molecule has 2 aliphatic carbocycles. The molecule has 0 spiro atoms. The summed E-state index contributed by atoms with van der Waals surface area (Å²) in [7, 11) is 0. The SMILES string of the molecule is CSc1ccc(OC(C)C(=O)NC2CC(N(CC(=O)O)CC3CC3)C2)cc1. The van der Waals surface area contributed by atoms with Crippen LogP contribution in [0.15, 0.2) is 29.2 Å². The number of nitrogens with one attached hydrogen (secondary N) is 1. The van der Waals surface area contributed by atoms with Crippen LogP contribution in [0.3, 0.4) is 0 Å². The Hall–Kier alpha value is -1.73. The Labute approximate surface area is 164 Å². The first kappa shape index (κ1) is 20.0. The zero-order valence-corrected chi connectivity index (χ0v) is 16.7. The van der Waals surface area contributed by atoms with Gasteiger partial charge in [0, 0.05) is 23.5 Å². The van der Waals surface area contributed by atoms with Crippen LogP contribution in [0.2, 0.25) is 0 Å². The number of amides is 1. The van der Waals surface area contributed by atoms with Crippen molar-refractivity contribution >= 4 is 23.6 Å². The van der Waals surface area contributed by atoms with Crippen LogP contribution in [0.5, 0.6) is 5.75 Å². The van der Waals surface area contributed by atoms with Gasteiger partial charge in [-0.1, -0.05) is 0 Å². The average molecular weight is 393 g/mol. The standard InChI is InChI=1S/C20H28N2O4S/c1-13(26-17-5-7-18(27-2)8-6-17)20(25)21-15-9-16(10-15)22(12-19(23)24)11-14-3-4-14/h5-8,13-16H,3-4,9-12H2,1-2H3,(H,21,25)(H,23,24). The van der Waals surface area contributed by atoms with E-state index in [1.807, 2.05) is 30.5 Å². The van der Waals surface area contributed by atoms with Crippen LogP contribution in [0.4, 0.5) is 0 Å². The highest BCUT2D eigenvalue weighted by Crippen LogP contribution is 2.33. The predicted octanol–water partition coefficient (Wildman–Crippen LogP) is 2.62. The maximum absolute atomic E-state index is 12.4. The highest BCUT2D eigenvalue weighted by atomic mass is 32.2. The van der Waals surface area contributed by atoms with Crippen LogP contribution in [-0.4, -0.2) is 59.4 Å². The molecule has 2 aliphatic rings. The number of rotatable bonds is 10. The van der Waals surface area contributed by atoms with Crippen molar-refractivity contribution in [2.45, 2.75) is 55.7 Å². The monoisotopic (exact) mass is 392 g/mol. The molecule has 0 aromatic heterocycles. The van der Waals surface area contributed by atoms with Crippen LogP contribution in [-0.2, 0) is 9.59 Å². The summed E-state index contributed by atoms with van der Waals surface area (Å²) in [6, 6.07) is 8.04. The van der Waals surface area contributed by atoms with Crippen molar-refractivity contribution in [2.75, 3.05) is 19.3 Å². The Morgan fingerprint density at radius 2 is 1.96 bits per heavy atom. The molecule has 0 heterocycles. The number of carboxylic acid groups (broad SMARTS) is 1. The summed E-state index contributed by atoms with van der Waals surface area (Å²) < 4.78 is 5.72. The van der Waals surface area contributed by atoms with E-state index < -0.39 is 12.1 Å². The predicted molar refractivity (Wildman–Crippen MR) is 105 cm³/mol. The Kier molecular flexibility index (Phi) is 6.65. The fourth-order valence-corrected chi connectivity index (χ4v) is 3.79. The molecule has 1 aromatic rings. The molecule has 0 saturated heterocycles. The smallest absolute Gasteiger partial charge is 0.317 e. The molecule has 3 rings (SSSR count). The van der Waals surface area contributed by atoms with E-state index in [0.29, 0.717) is 11.7 Å². The van der Waals surface area contributed by atoms with Crippen LogP contribution in [0.25, 0.3) is 0 Å². The minimum absolute atomic E-state index is 0.0907. The summed E-state index contributed by atoms with van der Waals surface area (Å²) in [4.78, 5) is 26.7. The summed E-state index contributed by atoms with van der Waals surface area (Å²) in [5.41, 5.74) is 0. The summed E-state index contributed by atoms with van der Waals surface area (Å²) in [5.74, 6) is 0.430. The van der Waals surface area contributed by atoms with E-state index in [1.165, 1.54) is 12.8 Å². The molecule has 0 radical (unpaired) electrons. The maximum atomic E-state index is 12.4. The van der Waals surface area contributed by atoms with Crippen molar-refractivity contribution in [1.29, 1.82) is 0 Å². The summed E-state index contributed by atoms with van der Waals surface area (Å²) in [5, 5.41) is 12.1. The van der Waals surface area contributed by atoms with Crippen LogP contribution in [0, 0.1) is 5.92 Å². The van der Waals surface area contributed by atoms with Crippen molar-refractivity contribution in [2.24, 2.45) is 5.92 Å². The Morgan fingerprint density at radius 1 is 1.30 bits per heavy atom. The number of thioether (sulfide) groups is 1. The molecule has 6 nitrogen and oxygen atoms in total. The number of carboxylic acids is 1. The van der Waals surface area contributed by atoms with Gasteiger partial charge in [-0.2, -0.15) is 0 Å². The Bertz CT molecular complexity index is 656. The first-order valence-electron chi connectivity index (χ1n) is 9.51. The normalized spacial score (nSPS) is 22.8. The van der Waals surface area contributed by atoms with E-state index >= 15 is 0 Å². The molecule has 1 amide bonds. The number of aliphatic carboxylic acids is 1. The molecule has 148 valence electrons. The second-order valence-corrected chi connectivity index (χ2v) is 8.41. The van der Waals surface area contributed by atoms with Crippen molar-refractivity contribution in [3.8, 4) is 5.75 Å². The number of benzene rings is 1. The fourth-order valence-electron chi connectivity index (χ4n) is 3.38. The molecule has 27 heavy (non-hydrogen) atoms. The third-order valence-corrected chi connectivity index (χ3v) is 5.99. The minimum atomic E-state index is -0.780. The van der Waals surface area contributed by atoms with Gasteiger partial charge < -0.3 is 15.2 Å². The summed E-state index contributed by atoms with van der Waals surface area (Å²) >= 11 is 1.66. The Morgan fingerprint density at radius 3 is 2.52 bits per heavy atom. The van der Waals surface area contributed by atoms with Gasteiger partial charge in [-0.3, -0.25) is 14.5 Å². The Balaban J connectivity index is 1.42. The quantitative estimate of drug-likeness (QED) is 0.596. The van der Waals surface area contributed by atoms with Crippen molar-refractivity contribution < 1.29 is 19.4 Å². The van der Waals surface area contributed by atoms with E-state index in [9.17, 15) is 9.59 Å². The maximum Gasteiger partial charge on any atom is 0.317 e. The number of hydrogen-bond donors (Lipinski definition) is 2. The highest BCUT2D eigenvalue weighted by Gasteiger charge is 2.38. The van der Waals surface area contributed by atoms with Gasteiger partial charge in [0.1, 0.15) is 5.75 Å². The summed E-state index contributed by atoms with van der Waals surface area (Å²) in [6.07, 6.45) is 5.47. The third-order valence-electron chi connectivity index (χ3n) is 5.25. The van der Waals surface area contributed by atoms with E-state index in [1.54, 1.807) is 18.7 Å². The molecule has 1 unspecified atom stereocenters. The van der Waals surface area contributed by atoms with E-state index in [0.717, 1.165) is 24.3 Å². The zero-order valence-electron chi connectivity index (χ0n) is 15.9. The van der Waals surface area contributed by atoms with Gasteiger partial charge in [-0.25, -0.2) is 0 Å². The lowest BCUT2D eigenvalue weighted by molar-refractivity contribution is -0.140. The largest absolute Gasteiger partial charge is 0.481 e. The molecule has 0 aliphatic heterocycles. The highest BCUT2D eigenvalue weighted by molar-refractivity contribution is 7.98. The van der Waals surface area contributed by atoms with E-state index in [4.69, 9.17) is 9.84 Å². The van der Waals surface area contributed by atoms with Gasteiger partial charge in [0.05, 0.1) is 6.54 Å². The average Bonchev–Trinajstić information content (AvgIpc) is 3.41. The molecule has 2 saturated carbocycles. The van der Waals surface area contributed by atoms with Gasteiger partial charge in [0.15, 0.2) is 6.10 Å². The molecule has 2 N–H and O–H groups in total. The van der Waals surface area contributed by atoms with Gasteiger partial charge in [0.2, 0.25) is 0 Å². The molecule has 0 bridgehead atoms. The minimum Gasteiger partial charge on any atom is -0.481 e. The van der Waals surface area contributed by atoms with Gasteiger partial charge in [-0.15, -0.1) is 11.8 Å². The number of hydrogen-bond acceptors (Lipinski definition) is 5. The number of nitrogens with zero attached hydrogens (tertiary/aromatic N) is 1. The van der Waals surface area contributed by atoms with Crippen LogP contribution < -0.4 is 10.1 Å².